The highest BCUT2D eigenvalue weighted by atomic mass is 16.3. The van der Waals surface area contributed by atoms with Crippen molar-refractivity contribution in [1.29, 1.82) is 0 Å². The van der Waals surface area contributed by atoms with Gasteiger partial charge in [-0.2, -0.15) is 0 Å². The first-order valence-electron chi connectivity index (χ1n) is 7.22. The third-order valence-corrected chi connectivity index (χ3v) is 3.70. The van der Waals surface area contributed by atoms with Crippen molar-refractivity contribution < 1.29 is 5.11 Å². The molecule has 1 N–H and O–H groups in total. The Kier molecular flexibility index (Phi) is 5.14. The largest absolute Gasteiger partial charge is 0.380 e. The maximum atomic E-state index is 11.2. The van der Waals surface area contributed by atoms with Gasteiger partial charge in [-0.15, -0.1) is 6.58 Å². The summed E-state index contributed by atoms with van der Waals surface area (Å²) in [5.41, 5.74) is 1.03. The Labute approximate surface area is 121 Å². The number of hydrogen-bond donors (Lipinski definition) is 1. The lowest BCUT2D eigenvalue weighted by Gasteiger charge is -2.29. The van der Waals surface area contributed by atoms with E-state index in [4.69, 9.17) is 0 Å². The Morgan fingerprint density at radius 2 is 1.35 bits per heavy atom. The second-order valence-corrected chi connectivity index (χ2v) is 5.13. The van der Waals surface area contributed by atoms with Crippen molar-refractivity contribution in [3.63, 3.8) is 0 Å². The van der Waals surface area contributed by atoms with E-state index in [2.05, 4.69) is 6.58 Å². The molecule has 0 aromatic heterocycles. The van der Waals surface area contributed by atoms with Gasteiger partial charge in [0.05, 0.1) is 0 Å². The number of hydrogen-bond acceptors (Lipinski definition) is 1. The molecule has 0 amide bonds. The second-order valence-electron chi connectivity index (χ2n) is 5.13. The molecule has 0 unspecified atom stereocenters. The summed E-state index contributed by atoms with van der Waals surface area (Å²) in [7, 11) is 0. The zero-order valence-electron chi connectivity index (χ0n) is 11.8. The smallest absolute Gasteiger partial charge is 0.115 e. The third kappa shape index (κ3) is 3.37. The van der Waals surface area contributed by atoms with Gasteiger partial charge < -0.3 is 5.11 Å². The van der Waals surface area contributed by atoms with E-state index in [1.54, 1.807) is 0 Å². The highest BCUT2D eigenvalue weighted by molar-refractivity contribution is 5.35. The van der Waals surface area contributed by atoms with Gasteiger partial charge in [-0.05, 0) is 36.8 Å². The predicted molar refractivity (Wildman–Crippen MR) is 84.5 cm³/mol. The minimum atomic E-state index is -0.899. The van der Waals surface area contributed by atoms with Crippen LogP contribution in [0.15, 0.2) is 73.3 Å². The second kappa shape index (κ2) is 7.06. The Hall–Kier alpha value is -1.86. The summed E-state index contributed by atoms with van der Waals surface area (Å²) in [5.74, 6) is 0. The van der Waals surface area contributed by atoms with E-state index in [0.717, 1.165) is 36.8 Å². The fraction of sp³-hybridized carbons (Fsp3) is 0.263. The van der Waals surface area contributed by atoms with Gasteiger partial charge in [-0.3, -0.25) is 0 Å². The average molecular weight is 266 g/mol. The van der Waals surface area contributed by atoms with Gasteiger partial charge in [0.25, 0.3) is 0 Å². The quantitative estimate of drug-likeness (QED) is 0.570. The van der Waals surface area contributed by atoms with Crippen molar-refractivity contribution in [3.8, 4) is 0 Å². The third-order valence-electron chi connectivity index (χ3n) is 3.70. The maximum Gasteiger partial charge on any atom is 0.115 e. The van der Waals surface area contributed by atoms with Crippen LogP contribution in [0.25, 0.3) is 0 Å². The molecule has 2 aromatic carbocycles. The Morgan fingerprint density at radius 3 is 1.80 bits per heavy atom. The standard InChI is InChI=1S/C19H22O/c1-2-3-4-11-16-19(20,17-12-7-5-8-13-17)18-14-9-6-10-15-18/h2,5-10,12-15,20H,1,3-4,11,16H2. The van der Waals surface area contributed by atoms with E-state index in [1.165, 1.54) is 0 Å². The van der Waals surface area contributed by atoms with Gasteiger partial charge >= 0.3 is 0 Å². The monoisotopic (exact) mass is 266 g/mol. The summed E-state index contributed by atoms with van der Waals surface area (Å²) in [6.45, 7) is 3.75. The molecule has 0 saturated heterocycles. The number of benzene rings is 2. The lowest BCUT2D eigenvalue weighted by atomic mass is 9.82. The molecule has 0 aliphatic heterocycles. The SMILES string of the molecule is C=CCCCCC(O)(c1ccccc1)c1ccccc1. The van der Waals surface area contributed by atoms with Crippen LogP contribution in [0.4, 0.5) is 0 Å². The van der Waals surface area contributed by atoms with Crippen LogP contribution in [-0.4, -0.2) is 5.11 Å². The first-order valence-corrected chi connectivity index (χ1v) is 7.22. The van der Waals surface area contributed by atoms with Crippen molar-refractivity contribution in [2.45, 2.75) is 31.3 Å². The highest BCUT2D eigenvalue weighted by Crippen LogP contribution is 2.34. The molecule has 0 saturated carbocycles. The Bertz CT molecular complexity index is 476. The van der Waals surface area contributed by atoms with Crippen LogP contribution in [0.2, 0.25) is 0 Å². The van der Waals surface area contributed by atoms with Crippen molar-refractivity contribution >= 4 is 0 Å². The molecular weight excluding hydrogens is 244 g/mol. The van der Waals surface area contributed by atoms with Crippen LogP contribution in [0.1, 0.15) is 36.8 Å². The van der Waals surface area contributed by atoms with Gasteiger partial charge in [0.1, 0.15) is 5.60 Å². The molecule has 0 aliphatic rings. The highest BCUT2D eigenvalue weighted by Gasteiger charge is 2.30. The lowest BCUT2D eigenvalue weighted by molar-refractivity contribution is 0.0682. The predicted octanol–water partition coefficient (Wildman–Crippen LogP) is 4.67. The zero-order valence-corrected chi connectivity index (χ0v) is 11.8. The van der Waals surface area contributed by atoms with E-state index in [1.807, 2.05) is 66.7 Å². The molecule has 0 fully saturated rings. The fourth-order valence-corrected chi connectivity index (χ4v) is 2.55. The van der Waals surface area contributed by atoms with Gasteiger partial charge in [0, 0.05) is 0 Å². The van der Waals surface area contributed by atoms with Gasteiger partial charge in [-0.25, -0.2) is 0 Å². The van der Waals surface area contributed by atoms with Crippen molar-refractivity contribution in [2.75, 3.05) is 0 Å². The van der Waals surface area contributed by atoms with Crippen LogP contribution in [0.5, 0.6) is 0 Å². The molecule has 1 heteroatoms. The summed E-state index contributed by atoms with van der Waals surface area (Å²) in [6.07, 6.45) is 5.70. The number of unbranched alkanes of at least 4 members (excludes halogenated alkanes) is 2. The molecule has 1 nitrogen and oxygen atoms in total. The molecule has 0 spiro atoms. The minimum absolute atomic E-state index is 0.731. The average Bonchev–Trinajstić information content (AvgIpc) is 2.53. The van der Waals surface area contributed by atoms with Crippen LogP contribution in [-0.2, 0) is 5.60 Å². The summed E-state index contributed by atoms with van der Waals surface area (Å²) >= 11 is 0. The summed E-state index contributed by atoms with van der Waals surface area (Å²) in [5, 5.41) is 11.2. The maximum absolute atomic E-state index is 11.2. The van der Waals surface area contributed by atoms with Crippen LogP contribution in [0.3, 0.4) is 0 Å². The number of rotatable bonds is 7. The first-order chi connectivity index (χ1) is 9.77. The number of allylic oxidation sites excluding steroid dienone is 1. The van der Waals surface area contributed by atoms with Crippen LogP contribution >= 0.6 is 0 Å². The van der Waals surface area contributed by atoms with E-state index in [9.17, 15) is 5.11 Å². The summed E-state index contributed by atoms with van der Waals surface area (Å²) in [6, 6.07) is 19.9. The molecule has 2 rings (SSSR count). The number of aliphatic hydroxyl groups is 1. The molecule has 0 aliphatic carbocycles. The Morgan fingerprint density at radius 1 is 0.850 bits per heavy atom. The molecule has 104 valence electrons. The zero-order chi connectivity index (χ0) is 14.3. The van der Waals surface area contributed by atoms with Gasteiger partial charge in [0.15, 0.2) is 0 Å². The van der Waals surface area contributed by atoms with E-state index >= 15 is 0 Å². The van der Waals surface area contributed by atoms with Crippen molar-refractivity contribution in [3.05, 3.63) is 84.4 Å². The molecule has 20 heavy (non-hydrogen) atoms. The minimum Gasteiger partial charge on any atom is -0.380 e. The Balaban J connectivity index is 2.26. The van der Waals surface area contributed by atoms with Crippen LogP contribution < -0.4 is 0 Å². The molecule has 0 bridgehead atoms. The van der Waals surface area contributed by atoms with Crippen molar-refractivity contribution in [2.24, 2.45) is 0 Å². The first kappa shape index (κ1) is 14.5. The summed E-state index contributed by atoms with van der Waals surface area (Å²) < 4.78 is 0. The lowest BCUT2D eigenvalue weighted by Crippen LogP contribution is -2.27. The molecule has 0 heterocycles. The molecule has 2 aromatic rings. The normalized spacial score (nSPS) is 11.2. The van der Waals surface area contributed by atoms with E-state index < -0.39 is 5.60 Å². The topological polar surface area (TPSA) is 20.2 Å². The van der Waals surface area contributed by atoms with Crippen molar-refractivity contribution in [1.82, 2.24) is 0 Å². The fourth-order valence-electron chi connectivity index (χ4n) is 2.55. The van der Waals surface area contributed by atoms with Crippen LogP contribution in [0, 0.1) is 0 Å². The molecule has 0 radical (unpaired) electrons. The van der Waals surface area contributed by atoms with E-state index in [0.29, 0.717) is 0 Å². The molecular formula is C19H22O. The van der Waals surface area contributed by atoms with Gasteiger partial charge in [0.2, 0.25) is 0 Å². The summed E-state index contributed by atoms with van der Waals surface area (Å²) in [4.78, 5) is 0. The van der Waals surface area contributed by atoms with E-state index in [-0.39, 0.29) is 0 Å². The molecule has 0 atom stereocenters. The van der Waals surface area contributed by atoms with Gasteiger partial charge in [-0.1, -0.05) is 66.7 Å².